The standard InChI is InChI=1S/C12H16N2O/c1-3-10-6-4-5-7-11(10)14-9-8-13(2)12(14)15/h4-7H,3,8-9H2,1-2H3. The summed E-state index contributed by atoms with van der Waals surface area (Å²) < 4.78 is 0. The number of carbonyl (C=O) groups excluding carboxylic acids is 1. The second-order valence-corrected chi connectivity index (χ2v) is 3.84. The molecule has 0 aromatic heterocycles. The topological polar surface area (TPSA) is 23.6 Å². The molecular formula is C12H16N2O. The van der Waals surface area contributed by atoms with Gasteiger partial charge in [-0.05, 0) is 18.1 Å². The van der Waals surface area contributed by atoms with Crippen LogP contribution in [0.2, 0.25) is 0 Å². The quantitative estimate of drug-likeness (QED) is 0.723. The number of hydrogen-bond donors (Lipinski definition) is 0. The molecular weight excluding hydrogens is 188 g/mol. The third-order valence-electron chi connectivity index (χ3n) is 2.88. The number of carbonyl (C=O) groups is 1. The monoisotopic (exact) mass is 204 g/mol. The van der Waals surface area contributed by atoms with Gasteiger partial charge in [0.2, 0.25) is 0 Å². The third kappa shape index (κ3) is 1.69. The maximum atomic E-state index is 11.8. The van der Waals surface area contributed by atoms with E-state index in [2.05, 4.69) is 13.0 Å². The Bertz CT molecular complexity index is 376. The summed E-state index contributed by atoms with van der Waals surface area (Å²) in [6.07, 6.45) is 0.962. The molecule has 0 unspecified atom stereocenters. The molecule has 3 heteroatoms. The van der Waals surface area contributed by atoms with Gasteiger partial charge in [-0.1, -0.05) is 25.1 Å². The minimum absolute atomic E-state index is 0.107. The van der Waals surface area contributed by atoms with Crippen LogP contribution in [0.4, 0.5) is 10.5 Å². The van der Waals surface area contributed by atoms with Crippen LogP contribution in [0, 0.1) is 0 Å². The van der Waals surface area contributed by atoms with Gasteiger partial charge in [0.15, 0.2) is 0 Å². The van der Waals surface area contributed by atoms with Crippen molar-refractivity contribution in [1.82, 2.24) is 4.90 Å². The number of amides is 2. The van der Waals surface area contributed by atoms with Crippen LogP contribution in [-0.2, 0) is 6.42 Å². The average Bonchev–Trinajstić information content (AvgIpc) is 2.60. The fraction of sp³-hybridized carbons (Fsp3) is 0.417. The Kier molecular flexibility index (Phi) is 2.62. The van der Waals surface area contributed by atoms with Crippen LogP contribution in [0.5, 0.6) is 0 Å². The van der Waals surface area contributed by atoms with Gasteiger partial charge in [0.25, 0.3) is 0 Å². The summed E-state index contributed by atoms with van der Waals surface area (Å²) in [5, 5.41) is 0. The number of anilines is 1. The molecule has 0 spiro atoms. The van der Waals surface area contributed by atoms with Crippen LogP contribution in [0.1, 0.15) is 12.5 Å². The molecule has 3 nitrogen and oxygen atoms in total. The maximum absolute atomic E-state index is 11.8. The largest absolute Gasteiger partial charge is 0.326 e. The Labute approximate surface area is 90.3 Å². The molecule has 0 saturated carbocycles. The Balaban J connectivity index is 2.33. The van der Waals surface area contributed by atoms with E-state index in [1.54, 1.807) is 4.90 Å². The van der Waals surface area contributed by atoms with Crippen LogP contribution in [0.3, 0.4) is 0 Å². The van der Waals surface area contributed by atoms with Crippen LogP contribution >= 0.6 is 0 Å². The van der Waals surface area contributed by atoms with Crippen molar-refractivity contribution in [2.24, 2.45) is 0 Å². The SMILES string of the molecule is CCc1ccccc1N1CCN(C)C1=O. The van der Waals surface area contributed by atoms with Crippen LogP contribution < -0.4 is 4.90 Å². The molecule has 15 heavy (non-hydrogen) atoms. The summed E-state index contributed by atoms with van der Waals surface area (Å²) in [6.45, 7) is 3.73. The van der Waals surface area contributed by atoms with Gasteiger partial charge in [0.05, 0.1) is 0 Å². The normalized spacial score (nSPS) is 16.3. The van der Waals surface area contributed by atoms with Crippen molar-refractivity contribution in [3.05, 3.63) is 29.8 Å². The molecule has 0 atom stereocenters. The van der Waals surface area contributed by atoms with Gasteiger partial charge < -0.3 is 4.90 Å². The molecule has 1 heterocycles. The Morgan fingerprint density at radius 3 is 2.60 bits per heavy atom. The molecule has 2 amide bonds. The number of hydrogen-bond acceptors (Lipinski definition) is 1. The highest BCUT2D eigenvalue weighted by atomic mass is 16.2. The first-order valence-electron chi connectivity index (χ1n) is 5.34. The number of likely N-dealkylation sites (N-methyl/N-ethyl adjacent to an activating group) is 1. The van der Waals surface area contributed by atoms with Crippen molar-refractivity contribution in [3.63, 3.8) is 0 Å². The van der Waals surface area contributed by atoms with E-state index in [1.165, 1.54) is 5.56 Å². The van der Waals surface area contributed by atoms with Gasteiger partial charge in [0, 0.05) is 25.8 Å². The van der Waals surface area contributed by atoms with Crippen molar-refractivity contribution < 1.29 is 4.79 Å². The highest BCUT2D eigenvalue weighted by Gasteiger charge is 2.27. The van der Waals surface area contributed by atoms with Gasteiger partial charge >= 0.3 is 6.03 Å². The highest BCUT2D eigenvalue weighted by molar-refractivity contribution is 5.94. The van der Waals surface area contributed by atoms with E-state index in [9.17, 15) is 4.79 Å². The highest BCUT2D eigenvalue weighted by Crippen LogP contribution is 2.24. The Morgan fingerprint density at radius 1 is 1.27 bits per heavy atom. The van der Waals surface area contributed by atoms with Crippen molar-refractivity contribution in [1.29, 1.82) is 0 Å². The molecule has 1 aromatic carbocycles. The van der Waals surface area contributed by atoms with Gasteiger partial charge in [-0.25, -0.2) is 4.79 Å². The lowest BCUT2D eigenvalue weighted by Gasteiger charge is -2.19. The van der Waals surface area contributed by atoms with Crippen molar-refractivity contribution >= 4 is 11.7 Å². The molecule has 2 rings (SSSR count). The predicted octanol–water partition coefficient (Wildman–Crippen LogP) is 2.12. The number of urea groups is 1. The zero-order valence-corrected chi connectivity index (χ0v) is 9.23. The lowest BCUT2D eigenvalue weighted by molar-refractivity contribution is 0.229. The first-order valence-corrected chi connectivity index (χ1v) is 5.34. The fourth-order valence-electron chi connectivity index (χ4n) is 1.94. The summed E-state index contributed by atoms with van der Waals surface area (Å²) in [6, 6.07) is 8.22. The number of para-hydroxylation sites is 1. The number of nitrogens with zero attached hydrogens (tertiary/aromatic N) is 2. The molecule has 0 radical (unpaired) electrons. The fourth-order valence-corrected chi connectivity index (χ4v) is 1.94. The van der Waals surface area contributed by atoms with Crippen molar-refractivity contribution in [3.8, 4) is 0 Å². The molecule has 0 bridgehead atoms. The van der Waals surface area contributed by atoms with E-state index in [4.69, 9.17) is 0 Å². The molecule has 1 fully saturated rings. The van der Waals surface area contributed by atoms with Gasteiger partial charge in [-0.3, -0.25) is 4.90 Å². The van der Waals surface area contributed by atoms with E-state index >= 15 is 0 Å². The van der Waals surface area contributed by atoms with Gasteiger partial charge in [0.1, 0.15) is 0 Å². The van der Waals surface area contributed by atoms with Crippen LogP contribution in [0.15, 0.2) is 24.3 Å². The molecule has 1 aliphatic heterocycles. The molecule has 80 valence electrons. The zero-order valence-electron chi connectivity index (χ0n) is 9.23. The van der Waals surface area contributed by atoms with Crippen LogP contribution in [-0.4, -0.2) is 31.1 Å². The second-order valence-electron chi connectivity index (χ2n) is 3.84. The lowest BCUT2D eigenvalue weighted by Crippen LogP contribution is -2.29. The van der Waals surface area contributed by atoms with E-state index in [1.807, 2.05) is 30.1 Å². The van der Waals surface area contributed by atoms with E-state index in [-0.39, 0.29) is 6.03 Å². The average molecular weight is 204 g/mol. The molecule has 1 aromatic rings. The smallest absolute Gasteiger partial charge is 0.324 e. The summed E-state index contributed by atoms with van der Waals surface area (Å²) in [4.78, 5) is 15.4. The number of aryl methyl sites for hydroxylation is 1. The third-order valence-corrected chi connectivity index (χ3v) is 2.88. The Morgan fingerprint density at radius 2 is 2.00 bits per heavy atom. The van der Waals surface area contributed by atoms with E-state index in [0.29, 0.717) is 0 Å². The second kappa shape index (κ2) is 3.93. The zero-order chi connectivity index (χ0) is 10.8. The minimum Gasteiger partial charge on any atom is -0.326 e. The molecule has 1 aliphatic rings. The van der Waals surface area contributed by atoms with Gasteiger partial charge in [-0.2, -0.15) is 0 Å². The maximum Gasteiger partial charge on any atom is 0.324 e. The Hall–Kier alpha value is -1.51. The predicted molar refractivity (Wildman–Crippen MR) is 61.2 cm³/mol. The first kappa shape index (κ1) is 10.0. The van der Waals surface area contributed by atoms with E-state index < -0.39 is 0 Å². The van der Waals surface area contributed by atoms with Crippen molar-refractivity contribution in [2.75, 3.05) is 25.0 Å². The van der Waals surface area contributed by atoms with Crippen molar-refractivity contribution in [2.45, 2.75) is 13.3 Å². The molecule has 1 saturated heterocycles. The molecule has 0 aliphatic carbocycles. The minimum atomic E-state index is 0.107. The number of benzene rings is 1. The first-order chi connectivity index (χ1) is 7.24. The summed E-state index contributed by atoms with van der Waals surface area (Å²) in [7, 11) is 1.84. The van der Waals surface area contributed by atoms with Gasteiger partial charge in [-0.15, -0.1) is 0 Å². The summed E-state index contributed by atoms with van der Waals surface area (Å²) >= 11 is 0. The summed E-state index contributed by atoms with van der Waals surface area (Å²) in [5.74, 6) is 0. The number of rotatable bonds is 2. The lowest BCUT2D eigenvalue weighted by atomic mass is 10.1. The molecule has 0 N–H and O–H groups in total. The summed E-state index contributed by atoms with van der Waals surface area (Å²) in [5.41, 5.74) is 2.30. The van der Waals surface area contributed by atoms with E-state index in [0.717, 1.165) is 25.2 Å². The van der Waals surface area contributed by atoms with Crippen LogP contribution in [0.25, 0.3) is 0 Å².